The number of pyridine rings is 1. The van der Waals surface area contributed by atoms with E-state index in [0.717, 1.165) is 0 Å². The van der Waals surface area contributed by atoms with Crippen molar-refractivity contribution in [2.24, 2.45) is 0 Å². The third kappa shape index (κ3) is 2.41. The van der Waals surface area contributed by atoms with Crippen LogP contribution in [0.4, 0.5) is 5.82 Å². The maximum absolute atomic E-state index is 10.7. The average Bonchev–Trinajstić information content (AvgIpc) is 2.03. The van der Waals surface area contributed by atoms with Crippen molar-refractivity contribution in [3.05, 3.63) is 23.9 Å². The summed E-state index contributed by atoms with van der Waals surface area (Å²) in [5, 5.41) is 10.4. The van der Waals surface area contributed by atoms with E-state index in [4.69, 9.17) is 5.11 Å². The molecule has 0 fully saturated rings. The Hall–Kier alpha value is -1.62. The summed E-state index contributed by atoms with van der Waals surface area (Å²) < 4.78 is 0. The fourth-order valence-corrected chi connectivity index (χ4v) is 0.879. The van der Waals surface area contributed by atoms with Crippen molar-refractivity contribution >= 4 is 11.8 Å². The van der Waals surface area contributed by atoms with E-state index in [9.17, 15) is 4.79 Å². The van der Waals surface area contributed by atoms with E-state index in [1.165, 1.54) is 12.3 Å². The van der Waals surface area contributed by atoms with Gasteiger partial charge in [-0.25, -0.2) is 14.8 Å². The predicted molar refractivity (Wildman–Crippen MR) is 48.5 cm³/mol. The number of aromatic nitrogens is 1. The van der Waals surface area contributed by atoms with E-state index in [1.54, 1.807) is 25.2 Å². The minimum atomic E-state index is -0.988. The van der Waals surface area contributed by atoms with Gasteiger partial charge in [-0.05, 0) is 12.1 Å². The van der Waals surface area contributed by atoms with Crippen LogP contribution >= 0.6 is 0 Å². The molecule has 0 radical (unpaired) electrons. The Morgan fingerprint density at radius 1 is 1.62 bits per heavy atom. The minimum Gasteiger partial charge on any atom is -0.478 e. The summed E-state index contributed by atoms with van der Waals surface area (Å²) in [6.45, 7) is 0. The Balaban J connectivity index is 2.98. The van der Waals surface area contributed by atoms with Gasteiger partial charge in [0.25, 0.3) is 0 Å². The second-order valence-corrected chi connectivity index (χ2v) is 2.71. The Morgan fingerprint density at radius 2 is 2.31 bits per heavy atom. The van der Waals surface area contributed by atoms with Crippen molar-refractivity contribution in [2.45, 2.75) is 0 Å². The molecule has 13 heavy (non-hydrogen) atoms. The summed E-state index contributed by atoms with van der Waals surface area (Å²) in [6.07, 6.45) is 1.54. The van der Waals surface area contributed by atoms with Crippen LogP contribution in [0, 0.1) is 0 Å². The van der Waals surface area contributed by atoms with E-state index < -0.39 is 5.97 Å². The molecule has 5 nitrogen and oxygen atoms in total. The first-order chi connectivity index (χ1) is 6.11. The maximum atomic E-state index is 10.7. The molecule has 70 valence electrons. The molecule has 0 aliphatic carbocycles. The van der Waals surface area contributed by atoms with Gasteiger partial charge in [0, 0.05) is 20.3 Å². The Kier molecular flexibility index (Phi) is 2.81. The number of aromatic carboxylic acids is 1. The van der Waals surface area contributed by atoms with Crippen molar-refractivity contribution in [3.8, 4) is 0 Å². The highest BCUT2D eigenvalue weighted by Crippen LogP contribution is 2.10. The number of carbonyl (C=O) groups is 1. The molecular weight excluding hydrogens is 170 g/mol. The van der Waals surface area contributed by atoms with Crippen molar-refractivity contribution in [1.82, 2.24) is 9.99 Å². The van der Waals surface area contributed by atoms with Crippen LogP contribution in [-0.4, -0.2) is 35.2 Å². The molecule has 0 saturated carbocycles. The molecule has 1 aromatic rings. The molecule has 0 aliphatic rings. The van der Waals surface area contributed by atoms with Crippen LogP contribution in [0.25, 0.3) is 0 Å². The number of hydrogen-bond acceptors (Lipinski definition) is 4. The van der Waals surface area contributed by atoms with Gasteiger partial charge in [0.2, 0.25) is 0 Å². The highest BCUT2D eigenvalue weighted by molar-refractivity contribution is 5.92. The monoisotopic (exact) mass is 181 g/mol. The molecular formula is C8H11N3O2. The molecule has 1 aromatic heterocycles. The van der Waals surface area contributed by atoms with Gasteiger partial charge < -0.3 is 10.5 Å². The fraction of sp³-hybridized carbons (Fsp3) is 0.250. The van der Waals surface area contributed by atoms with E-state index in [2.05, 4.69) is 10.4 Å². The summed E-state index contributed by atoms with van der Waals surface area (Å²) in [4.78, 5) is 14.6. The molecule has 0 unspecified atom stereocenters. The molecule has 1 rings (SSSR count). The number of nitrogens with one attached hydrogen (secondary N) is 1. The van der Waals surface area contributed by atoms with Crippen molar-refractivity contribution in [3.63, 3.8) is 0 Å². The third-order valence-electron chi connectivity index (χ3n) is 1.37. The predicted octanol–water partition coefficient (Wildman–Crippen LogP) is 0.668. The molecule has 1 heterocycles. The first-order valence-corrected chi connectivity index (χ1v) is 3.73. The quantitative estimate of drug-likeness (QED) is 0.671. The minimum absolute atomic E-state index is 0.163. The summed E-state index contributed by atoms with van der Waals surface area (Å²) in [5.41, 5.74) is 2.96. The molecule has 0 spiro atoms. The number of nitrogens with zero attached hydrogens (tertiary/aromatic N) is 2. The average molecular weight is 181 g/mol. The zero-order valence-corrected chi connectivity index (χ0v) is 7.48. The van der Waals surface area contributed by atoms with Crippen LogP contribution in [0.5, 0.6) is 0 Å². The molecule has 0 aromatic carbocycles. The third-order valence-corrected chi connectivity index (χ3v) is 1.37. The lowest BCUT2D eigenvalue weighted by Gasteiger charge is -2.13. The SMILES string of the molecule is CN(C)Nc1ncccc1C(=O)O. The molecule has 0 amide bonds. The number of carboxylic acids is 1. The largest absolute Gasteiger partial charge is 0.478 e. The van der Waals surface area contributed by atoms with Crippen LogP contribution in [0.1, 0.15) is 10.4 Å². The summed E-state index contributed by atoms with van der Waals surface area (Å²) in [5.74, 6) is -0.641. The van der Waals surface area contributed by atoms with Crippen LogP contribution < -0.4 is 5.43 Å². The van der Waals surface area contributed by atoms with Gasteiger partial charge in [-0.15, -0.1) is 0 Å². The first kappa shape index (κ1) is 9.47. The number of hydrogen-bond donors (Lipinski definition) is 2. The van der Waals surface area contributed by atoms with Crippen LogP contribution in [-0.2, 0) is 0 Å². The standard InChI is InChI=1S/C8H11N3O2/c1-11(2)10-7-6(8(12)13)4-3-5-9-7/h3-5H,1-2H3,(H,9,10)(H,12,13). The summed E-state index contributed by atoms with van der Waals surface area (Å²) in [7, 11) is 3.53. The summed E-state index contributed by atoms with van der Waals surface area (Å²) in [6, 6.07) is 3.09. The lowest BCUT2D eigenvalue weighted by atomic mass is 10.2. The van der Waals surface area contributed by atoms with E-state index in [-0.39, 0.29) is 5.56 Å². The molecule has 2 N–H and O–H groups in total. The van der Waals surface area contributed by atoms with E-state index in [1.807, 2.05) is 0 Å². The Bertz CT molecular complexity index is 312. The maximum Gasteiger partial charge on any atom is 0.339 e. The van der Waals surface area contributed by atoms with Gasteiger partial charge in [0.1, 0.15) is 5.56 Å². The second-order valence-electron chi connectivity index (χ2n) is 2.71. The first-order valence-electron chi connectivity index (χ1n) is 3.73. The van der Waals surface area contributed by atoms with Crippen molar-refractivity contribution in [1.29, 1.82) is 0 Å². The molecule has 0 saturated heterocycles. The van der Waals surface area contributed by atoms with Gasteiger partial charge >= 0.3 is 5.97 Å². The van der Waals surface area contributed by atoms with Gasteiger partial charge in [-0.3, -0.25) is 0 Å². The van der Waals surface area contributed by atoms with E-state index in [0.29, 0.717) is 5.82 Å². The van der Waals surface area contributed by atoms with Crippen LogP contribution in [0.3, 0.4) is 0 Å². The Labute approximate surface area is 76.0 Å². The highest BCUT2D eigenvalue weighted by atomic mass is 16.4. The van der Waals surface area contributed by atoms with Crippen LogP contribution in [0.15, 0.2) is 18.3 Å². The van der Waals surface area contributed by atoms with Gasteiger partial charge in [0.05, 0.1) is 0 Å². The zero-order chi connectivity index (χ0) is 9.84. The molecule has 5 heteroatoms. The summed E-state index contributed by atoms with van der Waals surface area (Å²) >= 11 is 0. The lowest BCUT2D eigenvalue weighted by molar-refractivity contribution is 0.0697. The highest BCUT2D eigenvalue weighted by Gasteiger charge is 2.09. The number of rotatable bonds is 3. The second kappa shape index (κ2) is 3.86. The Morgan fingerprint density at radius 3 is 2.85 bits per heavy atom. The fourth-order valence-electron chi connectivity index (χ4n) is 0.879. The van der Waals surface area contributed by atoms with Gasteiger partial charge in [0.15, 0.2) is 5.82 Å². The van der Waals surface area contributed by atoms with Gasteiger partial charge in [-0.1, -0.05) is 0 Å². The lowest BCUT2D eigenvalue weighted by Crippen LogP contribution is -2.22. The van der Waals surface area contributed by atoms with Crippen LogP contribution in [0.2, 0.25) is 0 Å². The smallest absolute Gasteiger partial charge is 0.339 e. The van der Waals surface area contributed by atoms with E-state index >= 15 is 0 Å². The molecule has 0 aliphatic heterocycles. The van der Waals surface area contributed by atoms with Crippen molar-refractivity contribution in [2.75, 3.05) is 19.5 Å². The topological polar surface area (TPSA) is 65.5 Å². The molecule has 0 atom stereocenters. The normalized spacial score (nSPS) is 10.1. The van der Waals surface area contributed by atoms with Crippen molar-refractivity contribution < 1.29 is 9.90 Å². The number of carboxylic acid groups (broad SMARTS) is 1. The number of hydrazine groups is 1. The number of anilines is 1. The molecule has 0 bridgehead atoms. The van der Waals surface area contributed by atoms with Gasteiger partial charge in [-0.2, -0.15) is 0 Å². The zero-order valence-electron chi connectivity index (χ0n) is 7.48.